The van der Waals surface area contributed by atoms with Gasteiger partial charge in [-0.1, -0.05) is 20.3 Å². The highest BCUT2D eigenvalue weighted by Crippen LogP contribution is 2.65. The molecule has 3 heteroatoms. The fourth-order valence-corrected chi connectivity index (χ4v) is 7.23. The fraction of sp³-hybridized carbons (Fsp3) is 0.947. The van der Waals surface area contributed by atoms with E-state index in [1.807, 2.05) is 0 Å². The number of fused-ring (bicyclic) bond motifs is 5. The van der Waals surface area contributed by atoms with E-state index in [4.69, 9.17) is 0 Å². The van der Waals surface area contributed by atoms with Crippen LogP contribution in [0.3, 0.4) is 0 Å². The molecular weight excluding hydrogens is 276 g/mol. The standard InChI is InChI=1S/C19H30O3/c1-18-6-3-4-13(18)12-9-15(21)14-8-11(20)5-7-19(14,2)17(12)16(22)10-18/h12-17,21-22H,3-10H2,1-2H3/t12-,13-,14+,15+,16-,17+,18-,19-/m0/s1. The first-order valence-corrected chi connectivity index (χ1v) is 9.23. The molecule has 0 bridgehead atoms. The fourth-order valence-electron chi connectivity index (χ4n) is 7.23. The lowest BCUT2D eigenvalue weighted by molar-refractivity contribution is -0.195. The molecule has 0 saturated heterocycles. The molecule has 3 nitrogen and oxygen atoms in total. The first-order valence-electron chi connectivity index (χ1n) is 9.23. The van der Waals surface area contributed by atoms with Gasteiger partial charge in [0.15, 0.2) is 0 Å². The summed E-state index contributed by atoms with van der Waals surface area (Å²) in [4.78, 5) is 11.9. The van der Waals surface area contributed by atoms with E-state index in [1.54, 1.807) is 0 Å². The Morgan fingerprint density at radius 1 is 1.09 bits per heavy atom. The van der Waals surface area contributed by atoms with Gasteiger partial charge < -0.3 is 10.2 Å². The first kappa shape index (κ1) is 15.1. The third-order valence-corrected chi connectivity index (χ3v) is 8.20. The number of rotatable bonds is 0. The Bertz CT molecular complexity index is 489. The Hall–Kier alpha value is -0.410. The molecule has 0 aromatic carbocycles. The largest absolute Gasteiger partial charge is 0.393 e. The second kappa shape index (κ2) is 4.80. The summed E-state index contributed by atoms with van der Waals surface area (Å²) in [7, 11) is 0. The molecule has 0 spiro atoms. The van der Waals surface area contributed by atoms with Crippen molar-refractivity contribution in [1.82, 2.24) is 0 Å². The van der Waals surface area contributed by atoms with Crippen molar-refractivity contribution in [2.45, 2.75) is 77.4 Å². The second-order valence-electron chi connectivity index (χ2n) is 9.27. The molecule has 4 rings (SSSR count). The lowest BCUT2D eigenvalue weighted by Crippen LogP contribution is -2.61. The van der Waals surface area contributed by atoms with Gasteiger partial charge in [-0.15, -0.1) is 0 Å². The lowest BCUT2D eigenvalue weighted by atomic mass is 9.44. The first-order chi connectivity index (χ1) is 10.3. The lowest BCUT2D eigenvalue weighted by Gasteiger charge is -2.62. The molecule has 0 radical (unpaired) electrons. The van der Waals surface area contributed by atoms with Crippen LogP contribution in [0, 0.1) is 34.5 Å². The van der Waals surface area contributed by atoms with Gasteiger partial charge in [-0.2, -0.15) is 0 Å². The van der Waals surface area contributed by atoms with Crippen molar-refractivity contribution in [1.29, 1.82) is 0 Å². The van der Waals surface area contributed by atoms with Crippen molar-refractivity contribution in [3.8, 4) is 0 Å². The van der Waals surface area contributed by atoms with Gasteiger partial charge in [0.05, 0.1) is 12.2 Å². The molecule has 2 N–H and O–H groups in total. The second-order valence-corrected chi connectivity index (χ2v) is 9.27. The van der Waals surface area contributed by atoms with Gasteiger partial charge in [-0.3, -0.25) is 4.79 Å². The minimum Gasteiger partial charge on any atom is -0.393 e. The van der Waals surface area contributed by atoms with Crippen LogP contribution in [-0.4, -0.2) is 28.2 Å². The number of carbonyl (C=O) groups is 1. The molecule has 0 aliphatic heterocycles. The Morgan fingerprint density at radius 2 is 1.86 bits per heavy atom. The molecule has 0 aromatic heterocycles. The van der Waals surface area contributed by atoms with E-state index in [2.05, 4.69) is 13.8 Å². The van der Waals surface area contributed by atoms with Crippen LogP contribution >= 0.6 is 0 Å². The van der Waals surface area contributed by atoms with Crippen LogP contribution in [0.25, 0.3) is 0 Å². The Labute approximate surface area is 133 Å². The summed E-state index contributed by atoms with van der Waals surface area (Å²) in [6.45, 7) is 4.61. The van der Waals surface area contributed by atoms with Gasteiger partial charge in [0.2, 0.25) is 0 Å². The molecular formula is C19H30O3. The molecule has 4 saturated carbocycles. The summed E-state index contributed by atoms with van der Waals surface area (Å²) >= 11 is 0. The van der Waals surface area contributed by atoms with E-state index >= 15 is 0 Å². The van der Waals surface area contributed by atoms with E-state index in [-0.39, 0.29) is 34.9 Å². The van der Waals surface area contributed by atoms with Crippen molar-refractivity contribution < 1.29 is 15.0 Å². The minimum atomic E-state index is -0.356. The van der Waals surface area contributed by atoms with Crippen LogP contribution < -0.4 is 0 Å². The summed E-state index contributed by atoms with van der Waals surface area (Å²) in [5, 5.41) is 21.8. The Balaban J connectivity index is 1.72. The van der Waals surface area contributed by atoms with Crippen LogP contribution in [-0.2, 0) is 4.79 Å². The molecule has 0 heterocycles. The van der Waals surface area contributed by atoms with E-state index in [1.165, 1.54) is 19.3 Å². The number of hydrogen-bond acceptors (Lipinski definition) is 3. The zero-order valence-electron chi connectivity index (χ0n) is 13.9. The molecule has 124 valence electrons. The highest BCUT2D eigenvalue weighted by atomic mass is 16.3. The molecule has 4 fully saturated rings. The number of aliphatic hydroxyl groups is 2. The molecule has 0 unspecified atom stereocenters. The molecule has 4 aliphatic rings. The van der Waals surface area contributed by atoms with Crippen LogP contribution in [0.5, 0.6) is 0 Å². The van der Waals surface area contributed by atoms with Crippen molar-refractivity contribution >= 4 is 5.78 Å². The average Bonchev–Trinajstić information content (AvgIpc) is 2.82. The van der Waals surface area contributed by atoms with E-state index in [9.17, 15) is 15.0 Å². The third kappa shape index (κ3) is 1.91. The van der Waals surface area contributed by atoms with E-state index < -0.39 is 0 Å². The number of ketones is 1. The predicted octanol–water partition coefficient (Wildman–Crippen LogP) is 2.93. The molecule has 4 aliphatic carbocycles. The van der Waals surface area contributed by atoms with Crippen molar-refractivity contribution in [2.75, 3.05) is 0 Å². The average molecular weight is 306 g/mol. The normalized spacial score (nSPS) is 57.9. The van der Waals surface area contributed by atoms with Crippen LogP contribution in [0.2, 0.25) is 0 Å². The zero-order chi connectivity index (χ0) is 15.7. The number of carbonyl (C=O) groups excluding carboxylic acids is 1. The number of hydrogen-bond donors (Lipinski definition) is 2. The van der Waals surface area contributed by atoms with Gasteiger partial charge in [0, 0.05) is 12.8 Å². The SMILES string of the molecule is C[C@@]12CCC[C@H]1[C@@H]1C[C@@H](O)[C@H]3CC(=O)CC[C@]3(C)[C@H]1[C@@H](O)C2. The summed E-state index contributed by atoms with van der Waals surface area (Å²) in [6, 6.07) is 0. The molecule has 0 aromatic rings. The number of aliphatic hydroxyl groups excluding tert-OH is 2. The smallest absolute Gasteiger partial charge is 0.133 e. The topological polar surface area (TPSA) is 57.5 Å². The third-order valence-electron chi connectivity index (χ3n) is 8.20. The Kier molecular flexibility index (Phi) is 3.30. The van der Waals surface area contributed by atoms with Crippen molar-refractivity contribution in [3.05, 3.63) is 0 Å². The van der Waals surface area contributed by atoms with Gasteiger partial charge in [0.1, 0.15) is 5.78 Å². The summed E-state index contributed by atoms with van der Waals surface area (Å²) < 4.78 is 0. The van der Waals surface area contributed by atoms with Crippen LogP contribution in [0.15, 0.2) is 0 Å². The minimum absolute atomic E-state index is 0.0560. The van der Waals surface area contributed by atoms with Gasteiger partial charge in [-0.25, -0.2) is 0 Å². The van der Waals surface area contributed by atoms with Crippen LogP contribution in [0.1, 0.15) is 65.2 Å². The highest BCUT2D eigenvalue weighted by Gasteiger charge is 2.62. The van der Waals surface area contributed by atoms with Gasteiger partial charge in [0.25, 0.3) is 0 Å². The van der Waals surface area contributed by atoms with Crippen molar-refractivity contribution in [3.63, 3.8) is 0 Å². The summed E-state index contributed by atoms with van der Waals surface area (Å²) in [6.07, 6.45) is 6.89. The number of Topliss-reactive ketones (excluding diaryl/α,β-unsaturated/α-hetero) is 1. The van der Waals surface area contributed by atoms with E-state index in [0.29, 0.717) is 30.5 Å². The molecule has 22 heavy (non-hydrogen) atoms. The van der Waals surface area contributed by atoms with Crippen molar-refractivity contribution in [2.24, 2.45) is 34.5 Å². The van der Waals surface area contributed by atoms with E-state index in [0.717, 1.165) is 19.3 Å². The summed E-state index contributed by atoms with van der Waals surface area (Å²) in [5.74, 6) is 1.75. The maximum Gasteiger partial charge on any atom is 0.133 e. The maximum atomic E-state index is 11.9. The van der Waals surface area contributed by atoms with Gasteiger partial charge >= 0.3 is 0 Å². The quantitative estimate of drug-likeness (QED) is 0.723. The monoisotopic (exact) mass is 306 g/mol. The zero-order valence-corrected chi connectivity index (χ0v) is 13.9. The maximum absolute atomic E-state index is 11.9. The Morgan fingerprint density at radius 3 is 2.64 bits per heavy atom. The highest BCUT2D eigenvalue weighted by molar-refractivity contribution is 5.79. The molecule has 0 amide bonds. The van der Waals surface area contributed by atoms with Crippen LogP contribution in [0.4, 0.5) is 0 Å². The molecule has 8 atom stereocenters. The summed E-state index contributed by atoms with van der Waals surface area (Å²) in [5.41, 5.74) is 0.216. The predicted molar refractivity (Wildman–Crippen MR) is 84.1 cm³/mol. The van der Waals surface area contributed by atoms with Gasteiger partial charge in [-0.05, 0) is 66.6 Å².